The summed E-state index contributed by atoms with van der Waals surface area (Å²) in [6.45, 7) is 0.482. The van der Waals surface area contributed by atoms with Gasteiger partial charge in [-0.1, -0.05) is 36.4 Å². The van der Waals surface area contributed by atoms with E-state index in [-0.39, 0.29) is 12.3 Å². The highest BCUT2D eigenvalue weighted by Gasteiger charge is 2.09. The molecule has 0 saturated carbocycles. The molecule has 7 nitrogen and oxygen atoms in total. The zero-order valence-corrected chi connectivity index (χ0v) is 15.4. The molecule has 2 N–H and O–H groups in total. The number of carbonyl (C=O) groups excluding carboxylic acids is 1. The van der Waals surface area contributed by atoms with Crippen LogP contribution in [0, 0.1) is 0 Å². The molecule has 0 bridgehead atoms. The van der Waals surface area contributed by atoms with Gasteiger partial charge in [0, 0.05) is 18.5 Å². The molecule has 1 aromatic heterocycles. The van der Waals surface area contributed by atoms with Gasteiger partial charge in [0.05, 0.1) is 20.6 Å². The normalized spacial score (nSPS) is 10.4. The smallest absolute Gasteiger partial charge is 0.224 e. The number of nitrogens with one attached hydrogen (secondary N) is 2. The first kappa shape index (κ1) is 18.4. The molecule has 0 radical (unpaired) electrons. The van der Waals surface area contributed by atoms with Gasteiger partial charge in [-0.25, -0.2) is 4.98 Å². The minimum absolute atomic E-state index is 0.0648. The summed E-state index contributed by atoms with van der Waals surface area (Å²) in [4.78, 5) is 16.6. The van der Waals surface area contributed by atoms with E-state index in [9.17, 15) is 4.79 Å². The number of hydrogen-bond acceptors (Lipinski definition) is 5. The Kier molecular flexibility index (Phi) is 6.04. The molecule has 7 heteroatoms. The summed E-state index contributed by atoms with van der Waals surface area (Å²) in [7, 11) is 3.15. The molecule has 0 aliphatic carbocycles. The first-order chi connectivity index (χ1) is 13.2. The highest BCUT2D eigenvalue weighted by molar-refractivity contribution is 5.78. The Hall–Kier alpha value is -3.35. The Morgan fingerprint density at radius 1 is 1.07 bits per heavy atom. The van der Waals surface area contributed by atoms with Gasteiger partial charge in [0.25, 0.3) is 0 Å². The number of amides is 1. The second kappa shape index (κ2) is 8.84. The summed E-state index contributed by atoms with van der Waals surface area (Å²) in [5.74, 6) is 2.58. The number of hydrogen-bond donors (Lipinski definition) is 2. The van der Waals surface area contributed by atoms with Crippen molar-refractivity contribution in [3.05, 3.63) is 59.9 Å². The lowest BCUT2D eigenvalue weighted by molar-refractivity contribution is -0.120. The molecular weight excluding hydrogens is 344 g/mol. The third-order valence-corrected chi connectivity index (χ3v) is 4.06. The van der Waals surface area contributed by atoms with Crippen molar-refractivity contribution in [3.63, 3.8) is 0 Å². The quantitative estimate of drug-likeness (QED) is 0.639. The van der Waals surface area contributed by atoms with Gasteiger partial charge in [-0.3, -0.25) is 9.89 Å². The number of H-pyrrole nitrogens is 1. The van der Waals surface area contributed by atoms with E-state index < -0.39 is 0 Å². The highest BCUT2D eigenvalue weighted by atomic mass is 16.5. The van der Waals surface area contributed by atoms with Gasteiger partial charge in [0.2, 0.25) is 5.91 Å². The van der Waals surface area contributed by atoms with Crippen LogP contribution in [0.25, 0.3) is 11.4 Å². The van der Waals surface area contributed by atoms with Crippen molar-refractivity contribution >= 4 is 5.91 Å². The van der Waals surface area contributed by atoms with Crippen LogP contribution in [0.5, 0.6) is 11.5 Å². The van der Waals surface area contributed by atoms with E-state index in [0.29, 0.717) is 30.3 Å². The van der Waals surface area contributed by atoms with Crippen molar-refractivity contribution in [2.24, 2.45) is 0 Å². The fourth-order valence-electron chi connectivity index (χ4n) is 2.68. The van der Waals surface area contributed by atoms with Crippen molar-refractivity contribution < 1.29 is 14.3 Å². The molecule has 1 amide bonds. The van der Waals surface area contributed by atoms with Crippen LogP contribution in [0.4, 0.5) is 0 Å². The predicted molar refractivity (Wildman–Crippen MR) is 102 cm³/mol. The lowest BCUT2D eigenvalue weighted by Crippen LogP contribution is -2.27. The summed E-state index contributed by atoms with van der Waals surface area (Å²) in [5, 5.41) is 10.0. The Balaban J connectivity index is 1.49. The molecule has 140 valence electrons. The van der Waals surface area contributed by atoms with Gasteiger partial charge in [0.15, 0.2) is 17.3 Å². The molecule has 0 saturated heterocycles. The number of methoxy groups -OCH3 is 2. The Morgan fingerprint density at radius 3 is 2.59 bits per heavy atom. The van der Waals surface area contributed by atoms with Gasteiger partial charge in [-0.2, -0.15) is 5.10 Å². The Morgan fingerprint density at radius 2 is 1.85 bits per heavy atom. The van der Waals surface area contributed by atoms with Crippen LogP contribution in [0.15, 0.2) is 48.5 Å². The third-order valence-electron chi connectivity index (χ3n) is 4.06. The average molecular weight is 366 g/mol. The summed E-state index contributed by atoms with van der Waals surface area (Å²) in [5.41, 5.74) is 1.81. The molecule has 0 spiro atoms. The van der Waals surface area contributed by atoms with Crippen molar-refractivity contribution in [3.8, 4) is 22.9 Å². The summed E-state index contributed by atoms with van der Waals surface area (Å²) >= 11 is 0. The number of carbonyl (C=O) groups is 1. The largest absolute Gasteiger partial charge is 0.493 e. The van der Waals surface area contributed by atoms with Gasteiger partial charge in [0.1, 0.15) is 5.82 Å². The first-order valence-corrected chi connectivity index (χ1v) is 8.64. The number of ether oxygens (including phenoxy) is 2. The molecule has 0 fully saturated rings. The van der Waals surface area contributed by atoms with Crippen molar-refractivity contribution in [1.82, 2.24) is 20.5 Å². The zero-order valence-electron chi connectivity index (χ0n) is 15.4. The first-order valence-electron chi connectivity index (χ1n) is 8.64. The van der Waals surface area contributed by atoms with Crippen molar-refractivity contribution in [1.29, 1.82) is 0 Å². The molecule has 3 rings (SSSR count). The van der Waals surface area contributed by atoms with Crippen LogP contribution in [-0.2, 0) is 17.6 Å². The molecule has 0 aliphatic heterocycles. The molecule has 0 unspecified atom stereocenters. The number of benzene rings is 2. The molecule has 0 atom stereocenters. The molecule has 1 heterocycles. The van der Waals surface area contributed by atoms with Crippen molar-refractivity contribution in [2.75, 3.05) is 20.8 Å². The monoisotopic (exact) mass is 366 g/mol. The summed E-state index contributed by atoms with van der Waals surface area (Å²) in [6.07, 6.45) is 0.851. The topological polar surface area (TPSA) is 89.1 Å². The molecule has 27 heavy (non-hydrogen) atoms. The van der Waals surface area contributed by atoms with Crippen LogP contribution >= 0.6 is 0 Å². The van der Waals surface area contributed by atoms with Crippen LogP contribution in [0.3, 0.4) is 0 Å². The van der Waals surface area contributed by atoms with E-state index >= 15 is 0 Å². The number of aromatic nitrogens is 3. The lowest BCUT2D eigenvalue weighted by atomic mass is 10.1. The zero-order chi connectivity index (χ0) is 19.1. The number of rotatable bonds is 8. The van der Waals surface area contributed by atoms with E-state index in [1.807, 2.05) is 36.4 Å². The van der Waals surface area contributed by atoms with E-state index in [2.05, 4.69) is 20.5 Å². The Labute approximate surface area is 157 Å². The third kappa shape index (κ3) is 4.84. The standard InChI is InChI=1S/C20H22N4O3/c1-26-16-9-8-14(12-17(16)27-2)13-19(25)21-11-10-18-22-20(24-23-18)15-6-4-3-5-7-15/h3-9,12H,10-11,13H2,1-2H3,(H,21,25)(H,22,23,24). The van der Waals surface area contributed by atoms with E-state index in [4.69, 9.17) is 9.47 Å². The minimum atomic E-state index is -0.0648. The fourth-order valence-corrected chi connectivity index (χ4v) is 2.68. The van der Waals surface area contributed by atoms with Gasteiger partial charge >= 0.3 is 0 Å². The molecule has 3 aromatic rings. The second-order valence-corrected chi connectivity index (χ2v) is 5.94. The SMILES string of the molecule is COc1ccc(CC(=O)NCCc2nc(-c3ccccc3)n[nH]2)cc1OC. The maximum atomic E-state index is 12.2. The van der Waals surface area contributed by atoms with E-state index in [1.165, 1.54) is 0 Å². The number of aromatic amines is 1. The van der Waals surface area contributed by atoms with Crippen LogP contribution in [-0.4, -0.2) is 41.9 Å². The maximum Gasteiger partial charge on any atom is 0.224 e. The van der Waals surface area contributed by atoms with Gasteiger partial charge in [-0.05, 0) is 17.7 Å². The molecule has 2 aromatic carbocycles. The van der Waals surface area contributed by atoms with E-state index in [1.54, 1.807) is 26.4 Å². The fraction of sp³-hybridized carbons (Fsp3) is 0.250. The Bertz CT molecular complexity index is 893. The minimum Gasteiger partial charge on any atom is -0.493 e. The molecule has 0 aliphatic rings. The van der Waals surface area contributed by atoms with Crippen LogP contribution in [0.1, 0.15) is 11.4 Å². The lowest BCUT2D eigenvalue weighted by Gasteiger charge is -2.09. The summed E-state index contributed by atoms with van der Waals surface area (Å²) < 4.78 is 10.5. The number of nitrogens with zero attached hydrogens (tertiary/aromatic N) is 2. The van der Waals surface area contributed by atoms with Gasteiger partial charge < -0.3 is 14.8 Å². The molecular formula is C20H22N4O3. The maximum absolute atomic E-state index is 12.2. The average Bonchev–Trinajstić information content (AvgIpc) is 3.17. The van der Waals surface area contributed by atoms with Crippen molar-refractivity contribution in [2.45, 2.75) is 12.8 Å². The van der Waals surface area contributed by atoms with Crippen LogP contribution in [0.2, 0.25) is 0 Å². The second-order valence-electron chi connectivity index (χ2n) is 5.94. The predicted octanol–water partition coefficient (Wildman–Crippen LogP) is 2.39. The van der Waals surface area contributed by atoms with Crippen LogP contribution < -0.4 is 14.8 Å². The summed E-state index contributed by atoms with van der Waals surface area (Å²) in [6, 6.07) is 15.2. The van der Waals surface area contributed by atoms with E-state index in [0.717, 1.165) is 17.0 Å². The highest BCUT2D eigenvalue weighted by Crippen LogP contribution is 2.27. The van der Waals surface area contributed by atoms with Gasteiger partial charge in [-0.15, -0.1) is 0 Å².